The second-order valence-electron chi connectivity index (χ2n) is 6.55. The number of ether oxygens (including phenoxy) is 1. The molecule has 2 N–H and O–H groups in total. The lowest BCUT2D eigenvalue weighted by molar-refractivity contribution is -0.0948. The number of nitrogens with two attached hydrogens (primary N) is 1. The number of hydrogen-bond donors (Lipinski definition) is 1. The summed E-state index contributed by atoms with van der Waals surface area (Å²) in [5.41, 5.74) is 6.78. The number of nitrogens with zero attached hydrogens (tertiary/aromatic N) is 2. The monoisotopic (exact) mass is 277 g/mol. The Bertz CT molecular complexity index is 418. The van der Waals surface area contributed by atoms with E-state index in [1.165, 1.54) is 0 Å². The van der Waals surface area contributed by atoms with Crippen LogP contribution in [0.5, 0.6) is 0 Å². The molecule has 1 heterocycles. The van der Waals surface area contributed by atoms with Crippen LogP contribution in [0, 0.1) is 5.41 Å². The number of aromatic nitrogens is 2. The van der Waals surface area contributed by atoms with Gasteiger partial charge in [0, 0.05) is 19.0 Å². The lowest BCUT2D eigenvalue weighted by Gasteiger charge is -2.42. The van der Waals surface area contributed by atoms with Gasteiger partial charge in [-0.3, -0.25) is 0 Å². The predicted octanol–water partition coefficient (Wildman–Crippen LogP) is 2.81. The molecule has 0 bridgehead atoms. The Morgan fingerprint density at radius 1 is 1.15 bits per heavy atom. The van der Waals surface area contributed by atoms with Crippen molar-refractivity contribution >= 4 is 0 Å². The van der Waals surface area contributed by atoms with Gasteiger partial charge in [-0.2, -0.15) is 0 Å². The normalized spacial score (nSPS) is 20.8. The first-order valence-electron chi connectivity index (χ1n) is 7.67. The van der Waals surface area contributed by atoms with Crippen LogP contribution in [-0.4, -0.2) is 23.1 Å². The molecule has 1 aliphatic carbocycles. The summed E-state index contributed by atoms with van der Waals surface area (Å²) in [6.45, 7) is 8.04. The molecule has 0 saturated heterocycles. The molecule has 1 saturated carbocycles. The average Bonchev–Trinajstić information content (AvgIpc) is 2.43. The quantitative estimate of drug-likeness (QED) is 0.899. The highest BCUT2D eigenvalue weighted by Gasteiger charge is 2.42. The van der Waals surface area contributed by atoms with Crippen molar-refractivity contribution in [2.45, 2.75) is 58.5 Å². The summed E-state index contributed by atoms with van der Waals surface area (Å²) in [5.74, 6) is 0.843. The van der Waals surface area contributed by atoms with Gasteiger partial charge in [-0.15, -0.1) is 0 Å². The van der Waals surface area contributed by atoms with Gasteiger partial charge in [-0.05, 0) is 56.6 Å². The SMILES string of the molecule is CCOC1(c2ncc(CCN)cn2)CCC(C)(C)CC1. The van der Waals surface area contributed by atoms with Gasteiger partial charge in [-0.25, -0.2) is 9.97 Å². The molecular formula is C16H27N3O. The van der Waals surface area contributed by atoms with Crippen molar-refractivity contribution in [2.75, 3.05) is 13.2 Å². The predicted molar refractivity (Wildman–Crippen MR) is 80.3 cm³/mol. The van der Waals surface area contributed by atoms with E-state index in [1.54, 1.807) is 0 Å². The Labute approximate surface area is 122 Å². The van der Waals surface area contributed by atoms with E-state index in [1.807, 2.05) is 19.3 Å². The van der Waals surface area contributed by atoms with E-state index >= 15 is 0 Å². The van der Waals surface area contributed by atoms with E-state index in [-0.39, 0.29) is 5.60 Å². The van der Waals surface area contributed by atoms with Gasteiger partial charge in [-0.1, -0.05) is 13.8 Å². The van der Waals surface area contributed by atoms with Crippen molar-refractivity contribution in [3.05, 3.63) is 23.8 Å². The van der Waals surface area contributed by atoms with Gasteiger partial charge in [0.1, 0.15) is 5.60 Å². The molecule has 1 aromatic rings. The molecule has 0 atom stereocenters. The molecule has 0 aliphatic heterocycles. The Morgan fingerprint density at radius 2 is 1.75 bits per heavy atom. The smallest absolute Gasteiger partial charge is 0.160 e. The average molecular weight is 277 g/mol. The molecule has 112 valence electrons. The van der Waals surface area contributed by atoms with Crippen molar-refractivity contribution in [1.82, 2.24) is 9.97 Å². The van der Waals surface area contributed by atoms with Crippen molar-refractivity contribution in [3.8, 4) is 0 Å². The van der Waals surface area contributed by atoms with Crippen molar-refractivity contribution in [3.63, 3.8) is 0 Å². The van der Waals surface area contributed by atoms with E-state index in [0.717, 1.165) is 43.5 Å². The zero-order chi connectivity index (χ0) is 14.6. The van der Waals surface area contributed by atoms with Crippen LogP contribution >= 0.6 is 0 Å². The van der Waals surface area contributed by atoms with Gasteiger partial charge in [0.15, 0.2) is 5.82 Å². The summed E-state index contributed by atoms with van der Waals surface area (Å²) >= 11 is 0. The first-order chi connectivity index (χ1) is 9.51. The van der Waals surface area contributed by atoms with Crippen LogP contribution < -0.4 is 5.73 Å². The van der Waals surface area contributed by atoms with Gasteiger partial charge in [0.05, 0.1) is 0 Å². The Balaban J connectivity index is 2.20. The first-order valence-corrected chi connectivity index (χ1v) is 7.67. The summed E-state index contributed by atoms with van der Waals surface area (Å²) in [6.07, 6.45) is 8.94. The summed E-state index contributed by atoms with van der Waals surface area (Å²) in [7, 11) is 0. The third-order valence-electron chi connectivity index (χ3n) is 4.38. The molecule has 20 heavy (non-hydrogen) atoms. The van der Waals surface area contributed by atoms with Crippen LogP contribution in [0.2, 0.25) is 0 Å². The molecule has 2 rings (SSSR count). The number of rotatable bonds is 5. The maximum Gasteiger partial charge on any atom is 0.160 e. The van der Waals surface area contributed by atoms with E-state index in [4.69, 9.17) is 10.5 Å². The molecule has 0 aromatic carbocycles. The van der Waals surface area contributed by atoms with Crippen LogP contribution in [-0.2, 0) is 16.8 Å². The van der Waals surface area contributed by atoms with Crippen LogP contribution in [0.15, 0.2) is 12.4 Å². The Hall–Kier alpha value is -1.00. The van der Waals surface area contributed by atoms with Crippen molar-refractivity contribution in [2.24, 2.45) is 11.1 Å². The third-order valence-corrected chi connectivity index (χ3v) is 4.38. The molecule has 1 aliphatic rings. The molecule has 0 radical (unpaired) electrons. The van der Waals surface area contributed by atoms with Crippen LogP contribution in [0.25, 0.3) is 0 Å². The van der Waals surface area contributed by atoms with Crippen LogP contribution in [0.3, 0.4) is 0 Å². The fourth-order valence-corrected chi connectivity index (χ4v) is 2.93. The minimum absolute atomic E-state index is 0.286. The molecule has 4 heteroatoms. The molecule has 0 unspecified atom stereocenters. The second-order valence-corrected chi connectivity index (χ2v) is 6.55. The van der Waals surface area contributed by atoms with Gasteiger partial charge >= 0.3 is 0 Å². The standard InChI is InChI=1S/C16H27N3O/c1-4-20-16(8-6-15(2,3)7-9-16)14-18-11-13(5-10-17)12-19-14/h11-12H,4-10,17H2,1-3H3. The van der Waals surface area contributed by atoms with E-state index in [0.29, 0.717) is 18.6 Å². The fourth-order valence-electron chi connectivity index (χ4n) is 2.93. The molecule has 1 fully saturated rings. The number of hydrogen-bond acceptors (Lipinski definition) is 4. The highest BCUT2D eigenvalue weighted by Crippen LogP contribution is 2.46. The highest BCUT2D eigenvalue weighted by molar-refractivity contribution is 5.11. The van der Waals surface area contributed by atoms with Crippen LogP contribution in [0.1, 0.15) is 57.8 Å². The third kappa shape index (κ3) is 3.36. The van der Waals surface area contributed by atoms with Crippen molar-refractivity contribution in [1.29, 1.82) is 0 Å². The topological polar surface area (TPSA) is 61.0 Å². The molecule has 1 aromatic heterocycles. The first kappa shape index (κ1) is 15.4. The van der Waals surface area contributed by atoms with E-state index in [9.17, 15) is 0 Å². The molecular weight excluding hydrogens is 250 g/mol. The Kier molecular flexibility index (Phi) is 4.76. The van der Waals surface area contributed by atoms with E-state index in [2.05, 4.69) is 23.8 Å². The van der Waals surface area contributed by atoms with Crippen molar-refractivity contribution < 1.29 is 4.74 Å². The zero-order valence-electron chi connectivity index (χ0n) is 13.0. The van der Waals surface area contributed by atoms with E-state index < -0.39 is 0 Å². The molecule has 0 amide bonds. The van der Waals surface area contributed by atoms with Gasteiger partial charge in [0.2, 0.25) is 0 Å². The molecule has 0 spiro atoms. The molecule has 4 nitrogen and oxygen atoms in total. The summed E-state index contributed by atoms with van der Waals surface area (Å²) in [4.78, 5) is 9.14. The fraction of sp³-hybridized carbons (Fsp3) is 0.750. The maximum absolute atomic E-state index is 6.10. The summed E-state index contributed by atoms with van der Waals surface area (Å²) in [6, 6.07) is 0. The lowest BCUT2D eigenvalue weighted by Crippen LogP contribution is -2.38. The van der Waals surface area contributed by atoms with Gasteiger partial charge < -0.3 is 10.5 Å². The summed E-state index contributed by atoms with van der Waals surface area (Å²) in [5, 5.41) is 0. The van der Waals surface area contributed by atoms with Crippen LogP contribution in [0.4, 0.5) is 0 Å². The zero-order valence-corrected chi connectivity index (χ0v) is 13.0. The minimum atomic E-state index is -0.286. The summed E-state index contributed by atoms with van der Waals surface area (Å²) < 4.78 is 6.10. The maximum atomic E-state index is 6.10. The van der Waals surface area contributed by atoms with Gasteiger partial charge in [0.25, 0.3) is 0 Å². The highest BCUT2D eigenvalue weighted by atomic mass is 16.5. The minimum Gasteiger partial charge on any atom is -0.367 e. The largest absolute Gasteiger partial charge is 0.367 e. The second kappa shape index (κ2) is 6.19. The lowest BCUT2D eigenvalue weighted by atomic mass is 9.70. The Morgan fingerprint density at radius 3 is 2.25 bits per heavy atom.